The van der Waals surface area contributed by atoms with Crippen LogP contribution in [0.25, 0.3) is 0 Å². The molecule has 5 heteroatoms. The zero-order valence-electron chi connectivity index (χ0n) is 14.4. The van der Waals surface area contributed by atoms with Gasteiger partial charge in [-0.25, -0.2) is 0 Å². The number of ether oxygens (including phenoxy) is 4. The van der Waals surface area contributed by atoms with E-state index < -0.39 is 11.9 Å². The first-order valence-corrected chi connectivity index (χ1v) is 8.75. The predicted octanol–water partition coefficient (Wildman–Crippen LogP) is 2.64. The van der Waals surface area contributed by atoms with E-state index in [0.29, 0.717) is 19.6 Å². The van der Waals surface area contributed by atoms with Crippen LogP contribution in [0.15, 0.2) is 0 Å². The summed E-state index contributed by atoms with van der Waals surface area (Å²) in [5, 5.41) is 10.7. The summed E-state index contributed by atoms with van der Waals surface area (Å²) in [5.74, 6) is -0.625. The van der Waals surface area contributed by atoms with Gasteiger partial charge in [0.25, 0.3) is 0 Å². The van der Waals surface area contributed by atoms with Crippen molar-refractivity contribution in [1.82, 2.24) is 0 Å². The first-order valence-electron chi connectivity index (χ1n) is 8.75. The highest BCUT2D eigenvalue weighted by atomic mass is 16.8. The first-order chi connectivity index (χ1) is 10.5. The molecular weight excluding hydrogens is 284 g/mol. The van der Waals surface area contributed by atoms with Gasteiger partial charge in [0, 0.05) is 19.6 Å². The van der Waals surface area contributed by atoms with Crippen LogP contribution in [0.5, 0.6) is 0 Å². The second kappa shape index (κ2) is 8.06. The van der Waals surface area contributed by atoms with Gasteiger partial charge in [-0.15, -0.1) is 0 Å². The Morgan fingerprint density at radius 1 is 1.05 bits per heavy atom. The molecule has 1 saturated carbocycles. The van der Waals surface area contributed by atoms with E-state index in [-0.39, 0.29) is 24.4 Å². The predicted molar refractivity (Wildman–Crippen MR) is 83.7 cm³/mol. The van der Waals surface area contributed by atoms with Crippen molar-refractivity contribution in [3.05, 3.63) is 0 Å². The van der Waals surface area contributed by atoms with Crippen LogP contribution in [0, 0.1) is 0 Å². The van der Waals surface area contributed by atoms with Crippen LogP contribution < -0.4 is 0 Å². The van der Waals surface area contributed by atoms with Crippen molar-refractivity contribution in [2.45, 2.75) is 96.1 Å². The van der Waals surface area contributed by atoms with Crippen molar-refractivity contribution in [2.75, 3.05) is 13.2 Å². The van der Waals surface area contributed by atoms with Gasteiger partial charge in [0.2, 0.25) is 0 Å². The number of fused-ring (bicyclic) bond motifs is 1. The minimum atomic E-state index is -0.660. The van der Waals surface area contributed by atoms with Crippen molar-refractivity contribution >= 4 is 0 Å². The Hall–Kier alpha value is -0.200. The summed E-state index contributed by atoms with van der Waals surface area (Å²) in [5.41, 5.74) is 0. The van der Waals surface area contributed by atoms with Crippen molar-refractivity contribution in [3.8, 4) is 0 Å². The second-order valence-corrected chi connectivity index (χ2v) is 6.82. The standard InChI is InChI=1S/C17H32O5/c1-5-7-9-19-12-11-13-15(22-17(3,4)21-13)16(14(12)18)20-10-8-6-2/h12-16,18H,5-11H2,1-4H3/t12-,13-,14?,15-,16?/m1/s1. The minimum absolute atomic E-state index is 0.0725. The van der Waals surface area contributed by atoms with Gasteiger partial charge in [0.15, 0.2) is 5.79 Å². The first kappa shape index (κ1) is 18.1. The molecule has 0 radical (unpaired) electrons. The second-order valence-electron chi connectivity index (χ2n) is 6.82. The van der Waals surface area contributed by atoms with E-state index in [4.69, 9.17) is 18.9 Å². The lowest BCUT2D eigenvalue weighted by atomic mass is 9.87. The van der Waals surface area contributed by atoms with Crippen LogP contribution in [0.4, 0.5) is 0 Å². The van der Waals surface area contributed by atoms with Gasteiger partial charge in [0.1, 0.15) is 18.3 Å². The monoisotopic (exact) mass is 316 g/mol. The molecule has 0 spiro atoms. The topological polar surface area (TPSA) is 57.2 Å². The maximum Gasteiger partial charge on any atom is 0.163 e. The van der Waals surface area contributed by atoms with Crippen LogP contribution in [-0.4, -0.2) is 54.6 Å². The van der Waals surface area contributed by atoms with E-state index in [1.807, 2.05) is 13.8 Å². The van der Waals surface area contributed by atoms with Gasteiger partial charge >= 0.3 is 0 Å². The molecule has 1 N–H and O–H groups in total. The van der Waals surface area contributed by atoms with Crippen molar-refractivity contribution in [3.63, 3.8) is 0 Å². The van der Waals surface area contributed by atoms with Crippen LogP contribution in [-0.2, 0) is 18.9 Å². The Bertz CT molecular complexity index is 333. The third-order valence-corrected chi connectivity index (χ3v) is 4.37. The van der Waals surface area contributed by atoms with Gasteiger partial charge < -0.3 is 24.1 Å². The summed E-state index contributed by atoms with van der Waals surface area (Å²) < 4.78 is 23.8. The molecule has 5 atom stereocenters. The minimum Gasteiger partial charge on any atom is -0.388 e. The highest BCUT2D eigenvalue weighted by Crippen LogP contribution is 2.39. The molecule has 0 aromatic carbocycles. The van der Waals surface area contributed by atoms with Crippen LogP contribution >= 0.6 is 0 Å². The van der Waals surface area contributed by atoms with E-state index in [9.17, 15) is 5.11 Å². The highest BCUT2D eigenvalue weighted by Gasteiger charge is 2.54. The van der Waals surface area contributed by atoms with E-state index in [2.05, 4.69) is 13.8 Å². The molecule has 2 rings (SSSR count). The fourth-order valence-electron chi connectivity index (χ4n) is 3.20. The SMILES string of the molecule is CCCCOC1C(O)[C@H](OCCCC)C[C@H]2OC(C)(C)O[C@@H]12. The third kappa shape index (κ3) is 4.42. The molecule has 0 aromatic heterocycles. The van der Waals surface area contributed by atoms with Crippen LogP contribution in [0.1, 0.15) is 59.8 Å². The lowest BCUT2D eigenvalue weighted by molar-refractivity contribution is -0.189. The zero-order valence-corrected chi connectivity index (χ0v) is 14.4. The average Bonchev–Trinajstić information content (AvgIpc) is 2.76. The highest BCUT2D eigenvalue weighted by molar-refractivity contribution is 5.00. The van der Waals surface area contributed by atoms with E-state index >= 15 is 0 Å². The molecule has 130 valence electrons. The average molecular weight is 316 g/mol. The molecule has 1 aliphatic carbocycles. The number of unbranched alkanes of at least 4 members (excludes halogenated alkanes) is 2. The fraction of sp³-hybridized carbons (Fsp3) is 1.00. The van der Waals surface area contributed by atoms with Crippen LogP contribution in [0.3, 0.4) is 0 Å². The number of hydrogen-bond acceptors (Lipinski definition) is 5. The normalized spacial score (nSPS) is 37.2. The van der Waals surface area contributed by atoms with Crippen molar-refractivity contribution in [1.29, 1.82) is 0 Å². The number of aliphatic hydroxyl groups is 1. The van der Waals surface area contributed by atoms with Gasteiger partial charge in [-0.3, -0.25) is 0 Å². The molecule has 1 heterocycles. The lowest BCUT2D eigenvalue weighted by Gasteiger charge is -2.40. The molecule has 22 heavy (non-hydrogen) atoms. The molecule has 1 aliphatic heterocycles. The summed E-state index contributed by atoms with van der Waals surface area (Å²) in [6.07, 6.45) is 3.22. The molecule has 0 bridgehead atoms. The summed E-state index contributed by atoms with van der Waals surface area (Å²) in [7, 11) is 0. The van der Waals surface area contributed by atoms with E-state index in [1.165, 1.54) is 0 Å². The Labute approximate surface area is 134 Å². The Balaban J connectivity index is 2.01. The smallest absolute Gasteiger partial charge is 0.163 e. The fourth-order valence-corrected chi connectivity index (χ4v) is 3.20. The maximum atomic E-state index is 10.7. The molecule has 0 amide bonds. The Kier molecular flexibility index (Phi) is 6.65. The summed E-state index contributed by atoms with van der Waals surface area (Å²) in [4.78, 5) is 0. The molecule has 1 saturated heterocycles. The van der Waals surface area contributed by atoms with Crippen molar-refractivity contribution < 1.29 is 24.1 Å². The largest absolute Gasteiger partial charge is 0.388 e. The van der Waals surface area contributed by atoms with E-state index in [1.54, 1.807) is 0 Å². The maximum absolute atomic E-state index is 10.7. The van der Waals surface area contributed by atoms with Gasteiger partial charge in [-0.2, -0.15) is 0 Å². The third-order valence-electron chi connectivity index (χ3n) is 4.37. The molecule has 2 fully saturated rings. The van der Waals surface area contributed by atoms with Gasteiger partial charge in [0.05, 0.1) is 12.2 Å². The molecule has 2 aliphatic rings. The quantitative estimate of drug-likeness (QED) is 0.698. The number of hydrogen-bond donors (Lipinski definition) is 1. The summed E-state index contributed by atoms with van der Waals surface area (Å²) in [6, 6.07) is 0. The summed E-state index contributed by atoms with van der Waals surface area (Å²) in [6.45, 7) is 9.37. The lowest BCUT2D eigenvalue weighted by Crippen LogP contribution is -2.56. The molecular formula is C17H32O5. The zero-order chi connectivity index (χ0) is 16.2. The molecule has 2 unspecified atom stereocenters. The van der Waals surface area contributed by atoms with E-state index in [0.717, 1.165) is 25.7 Å². The van der Waals surface area contributed by atoms with Crippen molar-refractivity contribution in [2.24, 2.45) is 0 Å². The number of aliphatic hydroxyl groups excluding tert-OH is 1. The van der Waals surface area contributed by atoms with Gasteiger partial charge in [-0.1, -0.05) is 26.7 Å². The number of rotatable bonds is 8. The van der Waals surface area contributed by atoms with Gasteiger partial charge in [-0.05, 0) is 26.7 Å². The Morgan fingerprint density at radius 2 is 1.68 bits per heavy atom. The molecule has 5 nitrogen and oxygen atoms in total. The summed E-state index contributed by atoms with van der Waals surface area (Å²) >= 11 is 0. The molecule has 0 aromatic rings. The van der Waals surface area contributed by atoms with Crippen LogP contribution in [0.2, 0.25) is 0 Å². The Morgan fingerprint density at radius 3 is 2.32 bits per heavy atom.